The van der Waals surface area contributed by atoms with Crippen LogP contribution in [0, 0.1) is 16.0 Å². The fourth-order valence-corrected chi connectivity index (χ4v) is 4.58. The second-order valence-electron chi connectivity index (χ2n) is 6.37. The van der Waals surface area contributed by atoms with Gasteiger partial charge in [-0.2, -0.15) is 5.10 Å². The van der Waals surface area contributed by atoms with E-state index < -0.39 is 0 Å². The van der Waals surface area contributed by atoms with Gasteiger partial charge in [0.05, 0.1) is 16.0 Å². The molecule has 1 aromatic carbocycles. The van der Waals surface area contributed by atoms with E-state index >= 15 is 0 Å². The van der Waals surface area contributed by atoms with Crippen molar-refractivity contribution in [3.05, 3.63) is 32.9 Å². The van der Waals surface area contributed by atoms with Gasteiger partial charge in [-0.15, -0.1) is 0 Å². The molecule has 5 nitrogen and oxygen atoms in total. The van der Waals surface area contributed by atoms with Crippen LogP contribution >= 0.6 is 15.9 Å². The summed E-state index contributed by atoms with van der Waals surface area (Å²) in [6, 6.07) is 3.28. The molecular formula is C15H16BrN3O2. The predicted molar refractivity (Wildman–Crippen MR) is 83.3 cm³/mol. The highest BCUT2D eigenvalue weighted by Crippen LogP contribution is 2.49. The van der Waals surface area contributed by atoms with Crippen molar-refractivity contribution in [1.29, 1.82) is 0 Å². The van der Waals surface area contributed by atoms with E-state index in [0.717, 1.165) is 16.8 Å². The zero-order valence-electron chi connectivity index (χ0n) is 11.6. The molecule has 0 spiro atoms. The van der Waals surface area contributed by atoms with Gasteiger partial charge in [0.1, 0.15) is 4.47 Å². The summed E-state index contributed by atoms with van der Waals surface area (Å²) in [5.41, 5.74) is 1.07. The smallest absolute Gasteiger partial charge is 0.265 e. The van der Waals surface area contributed by atoms with Crippen molar-refractivity contribution in [2.75, 3.05) is 0 Å². The second-order valence-corrected chi connectivity index (χ2v) is 7.16. The lowest BCUT2D eigenvalue weighted by Gasteiger charge is -2.46. The maximum absolute atomic E-state index is 11.0. The van der Waals surface area contributed by atoms with Crippen LogP contribution in [0.15, 0.2) is 22.8 Å². The van der Waals surface area contributed by atoms with Crippen molar-refractivity contribution in [2.24, 2.45) is 5.92 Å². The van der Waals surface area contributed by atoms with E-state index in [4.69, 9.17) is 5.10 Å². The van der Waals surface area contributed by atoms with Gasteiger partial charge in [0.15, 0.2) is 0 Å². The van der Waals surface area contributed by atoms with Gasteiger partial charge in [-0.05, 0) is 66.4 Å². The monoisotopic (exact) mass is 349 g/mol. The van der Waals surface area contributed by atoms with Gasteiger partial charge in [0, 0.05) is 17.6 Å². The van der Waals surface area contributed by atoms with Gasteiger partial charge < -0.3 is 0 Å². The minimum absolute atomic E-state index is 0.104. The number of nitrogens with zero attached hydrogens (tertiary/aromatic N) is 3. The number of rotatable bonds is 2. The van der Waals surface area contributed by atoms with Crippen LogP contribution in [0.1, 0.15) is 38.5 Å². The van der Waals surface area contributed by atoms with Crippen LogP contribution in [-0.4, -0.2) is 14.7 Å². The van der Waals surface area contributed by atoms with Gasteiger partial charge in [-0.25, -0.2) is 0 Å². The number of hydrogen-bond donors (Lipinski definition) is 0. The van der Waals surface area contributed by atoms with Crippen molar-refractivity contribution < 1.29 is 4.92 Å². The van der Waals surface area contributed by atoms with Gasteiger partial charge in [-0.1, -0.05) is 0 Å². The van der Waals surface area contributed by atoms with Crippen LogP contribution in [0.5, 0.6) is 0 Å². The third kappa shape index (κ3) is 1.92. The Kier molecular flexibility index (Phi) is 2.86. The highest BCUT2D eigenvalue weighted by molar-refractivity contribution is 9.10. The summed E-state index contributed by atoms with van der Waals surface area (Å²) in [6.45, 7) is 0. The van der Waals surface area contributed by atoms with E-state index in [1.54, 1.807) is 6.07 Å². The molecule has 3 saturated carbocycles. The lowest BCUT2D eigenvalue weighted by Crippen LogP contribution is -2.42. The topological polar surface area (TPSA) is 61.0 Å². The minimum Gasteiger partial charge on any atom is -0.265 e. The number of hydrogen-bond acceptors (Lipinski definition) is 3. The standard InChI is InChI=1S/C15H16BrN3O2/c16-14-11-9-18(15-6-3-10(4-7-15)5-8-15)17-12(11)1-2-13(14)19(20)21/h1-2,9-10H,3-8H2. The molecule has 0 N–H and O–H groups in total. The van der Waals surface area contributed by atoms with E-state index in [9.17, 15) is 10.1 Å². The first-order valence-electron chi connectivity index (χ1n) is 7.42. The molecule has 0 atom stereocenters. The first kappa shape index (κ1) is 13.2. The lowest BCUT2D eigenvalue weighted by atomic mass is 9.66. The third-order valence-corrected chi connectivity index (χ3v) is 6.17. The quantitative estimate of drug-likeness (QED) is 0.596. The number of halogens is 1. The SMILES string of the molecule is O=[N+]([O-])c1ccc2nn(C34CCC(CC3)CC4)cc2c1Br. The first-order chi connectivity index (χ1) is 10.1. The van der Waals surface area contributed by atoms with Crippen molar-refractivity contribution in [2.45, 2.75) is 44.1 Å². The molecule has 0 amide bonds. The normalized spacial score (nSPS) is 28.1. The van der Waals surface area contributed by atoms with Crippen LogP contribution < -0.4 is 0 Å². The van der Waals surface area contributed by atoms with E-state index in [0.29, 0.717) is 4.47 Å². The average molecular weight is 350 g/mol. The van der Waals surface area contributed by atoms with E-state index in [-0.39, 0.29) is 16.1 Å². The van der Waals surface area contributed by atoms with E-state index in [2.05, 4.69) is 20.6 Å². The van der Waals surface area contributed by atoms with Crippen LogP contribution in [0.4, 0.5) is 5.69 Å². The van der Waals surface area contributed by atoms with Crippen LogP contribution in [0.25, 0.3) is 10.9 Å². The number of nitro groups is 1. The van der Waals surface area contributed by atoms with E-state index in [1.807, 2.05) is 6.20 Å². The summed E-state index contributed by atoms with van der Waals surface area (Å²) >= 11 is 3.37. The third-order valence-electron chi connectivity index (χ3n) is 5.34. The summed E-state index contributed by atoms with van der Waals surface area (Å²) in [5, 5.41) is 16.6. The number of benzene rings is 1. The molecule has 0 aliphatic heterocycles. The first-order valence-corrected chi connectivity index (χ1v) is 8.21. The molecule has 1 aromatic heterocycles. The largest absolute Gasteiger partial charge is 0.284 e. The summed E-state index contributed by atoms with van der Waals surface area (Å²) < 4.78 is 2.64. The Bertz CT molecular complexity index is 718. The fraction of sp³-hybridized carbons (Fsp3) is 0.533. The molecule has 1 heterocycles. The van der Waals surface area contributed by atoms with Gasteiger partial charge >= 0.3 is 0 Å². The molecule has 0 saturated heterocycles. The average Bonchev–Trinajstić information content (AvgIpc) is 2.95. The highest BCUT2D eigenvalue weighted by atomic mass is 79.9. The molecule has 5 rings (SSSR count). The molecule has 2 bridgehead atoms. The van der Waals surface area contributed by atoms with Gasteiger partial charge in [-0.3, -0.25) is 14.8 Å². The maximum atomic E-state index is 11.0. The Balaban J connectivity index is 1.84. The van der Waals surface area contributed by atoms with Crippen LogP contribution in [0.3, 0.4) is 0 Å². The van der Waals surface area contributed by atoms with Gasteiger partial charge in [0.25, 0.3) is 5.69 Å². The molecular weight excluding hydrogens is 334 g/mol. The Morgan fingerprint density at radius 2 is 1.95 bits per heavy atom. The summed E-state index contributed by atoms with van der Waals surface area (Å²) in [5.74, 6) is 0.907. The van der Waals surface area contributed by atoms with Crippen molar-refractivity contribution >= 4 is 32.5 Å². The maximum Gasteiger partial charge on any atom is 0.284 e. The summed E-state index contributed by atoms with van der Waals surface area (Å²) in [4.78, 5) is 10.7. The zero-order valence-corrected chi connectivity index (χ0v) is 13.2. The van der Waals surface area contributed by atoms with Crippen molar-refractivity contribution in [3.63, 3.8) is 0 Å². The fourth-order valence-electron chi connectivity index (χ4n) is 4.00. The van der Waals surface area contributed by atoms with Crippen LogP contribution in [0.2, 0.25) is 0 Å². The molecule has 3 aliphatic rings. The number of nitro benzene ring substituents is 1. The minimum atomic E-state index is -0.356. The Hall–Kier alpha value is -1.43. The Labute approximate surface area is 130 Å². The summed E-state index contributed by atoms with van der Waals surface area (Å²) in [6.07, 6.45) is 9.42. The molecule has 0 radical (unpaired) electrons. The highest BCUT2D eigenvalue weighted by Gasteiger charge is 2.42. The Morgan fingerprint density at radius 3 is 2.57 bits per heavy atom. The van der Waals surface area contributed by atoms with E-state index in [1.165, 1.54) is 44.6 Å². The lowest BCUT2D eigenvalue weighted by molar-refractivity contribution is -0.385. The Morgan fingerprint density at radius 1 is 1.29 bits per heavy atom. The van der Waals surface area contributed by atoms with Crippen molar-refractivity contribution in [1.82, 2.24) is 9.78 Å². The molecule has 3 aliphatic carbocycles. The molecule has 6 heteroatoms. The zero-order chi connectivity index (χ0) is 14.6. The number of fused-ring (bicyclic) bond motifs is 4. The van der Waals surface area contributed by atoms with Gasteiger partial charge in [0.2, 0.25) is 0 Å². The summed E-state index contributed by atoms with van der Waals surface area (Å²) in [7, 11) is 0. The number of aromatic nitrogens is 2. The van der Waals surface area contributed by atoms with Crippen molar-refractivity contribution in [3.8, 4) is 0 Å². The molecule has 2 aromatic rings. The molecule has 3 fully saturated rings. The van der Waals surface area contributed by atoms with Crippen LogP contribution in [-0.2, 0) is 5.54 Å². The predicted octanol–water partition coefficient (Wildman–Crippen LogP) is 4.39. The molecule has 0 unspecified atom stereocenters. The molecule has 21 heavy (non-hydrogen) atoms. The second kappa shape index (κ2) is 4.53. The molecule has 110 valence electrons.